The Morgan fingerprint density at radius 3 is 2.69 bits per heavy atom. The number of benzene rings is 1. The van der Waals surface area contributed by atoms with E-state index < -0.39 is 11.6 Å². The molecule has 2 fully saturated rings. The van der Waals surface area contributed by atoms with Gasteiger partial charge in [0.2, 0.25) is 0 Å². The van der Waals surface area contributed by atoms with Gasteiger partial charge in [-0.15, -0.1) is 0 Å². The summed E-state index contributed by atoms with van der Waals surface area (Å²) < 4.78 is 38.0. The lowest BCUT2D eigenvalue weighted by Gasteiger charge is -2.29. The average molecular weight is 478 g/mol. The minimum absolute atomic E-state index is 0.0239. The minimum Gasteiger partial charge on any atom is -0.373 e. The Hall–Kier alpha value is -3.46. The van der Waals surface area contributed by atoms with E-state index in [1.807, 2.05) is 10.9 Å². The Morgan fingerprint density at radius 2 is 1.91 bits per heavy atom. The van der Waals surface area contributed by atoms with Crippen LogP contribution >= 0.6 is 0 Å². The summed E-state index contributed by atoms with van der Waals surface area (Å²) in [6, 6.07) is 5.64. The normalized spacial score (nSPS) is 20.5. The van der Waals surface area contributed by atoms with Crippen LogP contribution in [0.1, 0.15) is 60.8 Å². The smallest absolute Gasteiger partial charge is 0.263 e. The molecule has 1 aliphatic heterocycles. The Morgan fingerprint density at radius 1 is 1.09 bits per heavy atom. The molecule has 3 aromatic heterocycles. The number of ether oxygens (including phenoxy) is 1. The van der Waals surface area contributed by atoms with E-state index in [1.54, 1.807) is 20.0 Å². The second-order valence-corrected chi connectivity index (χ2v) is 9.51. The van der Waals surface area contributed by atoms with Crippen molar-refractivity contribution in [2.75, 3.05) is 6.61 Å². The van der Waals surface area contributed by atoms with E-state index in [0.29, 0.717) is 30.5 Å². The molecule has 0 N–H and O–H groups in total. The lowest BCUT2D eigenvalue weighted by atomic mass is 9.88. The number of fused-ring (bicyclic) bond motifs is 1. The number of hydrogen-bond acceptors (Lipinski definition) is 5. The zero-order valence-electron chi connectivity index (χ0n) is 19.5. The maximum atomic E-state index is 14.9. The molecular weight excluding hydrogens is 452 g/mol. The SMILES string of the molecule is Cc1nc2nc(C3CCOC(c4cnn(C5CC5)c4)C3)cc(-c3ccc(F)cc3F)c2c(=O)n1C. The van der Waals surface area contributed by atoms with Gasteiger partial charge in [-0.05, 0) is 50.8 Å². The molecule has 6 rings (SSSR count). The van der Waals surface area contributed by atoms with Crippen molar-refractivity contribution in [2.24, 2.45) is 7.05 Å². The molecule has 4 aromatic rings. The standard InChI is InChI=1S/C26H25F2N5O2/c1-14-30-25-24(26(34)32(14)2)20(19-6-3-17(27)10-21(19)28)11-22(31-25)15-7-8-35-23(9-15)16-12-29-33(13-16)18-4-5-18/h3,6,10-13,15,18,23H,4-5,7-9H2,1-2H3. The summed E-state index contributed by atoms with van der Waals surface area (Å²) in [5.41, 5.74) is 2.24. The molecule has 9 heteroatoms. The van der Waals surface area contributed by atoms with Gasteiger partial charge in [-0.3, -0.25) is 14.0 Å². The van der Waals surface area contributed by atoms with E-state index in [4.69, 9.17) is 9.72 Å². The highest BCUT2D eigenvalue weighted by Gasteiger charge is 2.30. The summed E-state index contributed by atoms with van der Waals surface area (Å²) in [7, 11) is 1.62. The third kappa shape index (κ3) is 3.93. The van der Waals surface area contributed by atoms with Crippen molar-refractivity contribution < 1.29 is 13.5 Å². The topological polar surface area (TPSA) is 74.8 Å². The maximum absolute atomic E-state index is 14.9. The third-order valence-electron chi connectivity index (χ3n) is 7.13. The van der Waals surface area contributed by atoms with Crippen LogP contribution < -0.4 is 5.56 Å². The Balaban J connectivity index is 1.45. The molecule has 1 aliphatic carbocycles. The van der Waals surface area contributed by atoms with E-state index in [2.05, 4.69) is 16.3 Å². The van der Waals surface area contributed by atoms with Crippen molar-refractivity contribution in [3.05, 3.63) is 75.7 Å². The summed E-state index contributed by atoms with van der Waals surface area (Å²) in [6.45, 7) is 2.28. The van der Waals surface area contributed by atoms with Crippen molar-refractivity contribution in [1.29, 1.82) is 0 Å². The first-order valence-corrected chi connectivity index (χ1v) is 11.9. The van der Waals surface area contributed by atoms with Gasteiger partial charge in [-0.1, -0.05) is 0 Å². The third-order valence-corrected chi connectivity index (χ3v) is 7.13. The van der Waals surface area contributed by atoms with Crippen LogP contribution in [0, 0.1) is 18.6 Å². The van der Waals surface area contributed by atoms with Crippen molar-refractivity contribution in [2.45, 2.75) is 50.7 Å². The first-order valence-electron chi connectivity index (χ1n) is 11.9. The number of aryl methyl sites for hydroxylation is 1. The molecule has 0 amide bonds. The zero-order valence-corrected chi connectivity index (χ0v) is 19.5. The highest BCUT2D eigenvalue weighted by molar-refractivity contribution is 5.92. The van der Waals surface area contributed by atoms with Gasteiger partial charge < -0.3 is 4.74 Å². The first-order chi connectivity index (χ1) is 16.9. The van der Waals surface area contributed by atoms with Gasteiger partial charge >= 0.3 is 0 Å². The van der Waals surface area contributed by atoms with Crippen LogP contribution in [0.5, 0.6) is 0 Å². The summed E-state index contributed by atoms with van der Waals surface area (Å²) in [5.74, 6) is -0.875. The van der Waals surface area contributed by atoms with E-state index in [0.717, 1.165) is 36.6 Å². The van der Waals surface area contributed by atoms with Gasteiger partial charge in [0, 0.05) is 54.2 Å². The highest BCUT2D eigenvalue weighted by atomic mass is 19.1. The molecule has 2 unspecified atom stereocenters. The Labute approximate surface area is 200 Å². The minimum atomic E-state index is -0.733. The molecule has 1 saturated carbocycles. The monoisotopic (exact) mass is 477 g/mol. The van der Waals surface area contributed by atoms with E-state index >= 15 is 0 Å². The van der Waals surface area contributed by atoms with Crippen LogP contribution in [0.2, 0.25) is 0 Å². The number of hydrogen-bond donors (Lipinski definition) is 0. The van der Waals surface area contributed by atoms with Gasteiger partial charge in [0.25, 0.3) is 5.56 Å². The van der Waals surface area contributed by atoms with Gasteiger partial charge in [-0.2, -0.15) is 5.10 Å². The fraction of sp³-hybridized carbons (Fsp3) is 0.385. The van der Waals surface area contributed by atoms with Crippen LogP contribution in [-0.4, -0.2) is 30.9 Å². The van der Waals surface area contributed by atoms with Crippen molar-refractivity contribution in [3.63, 3.8) is 0 Å². The number of rotatable bonds is 4. The summed E-state index contributed by atoms with van der Waals surface area (Å²) in [6.07, 6.45) is 7.54. The average Bonchev–Trinajstić information content (AvgIpc) is 3.58. The Bertz CT molecular complexity index is 1510. The summed E-state index contributed by atoms with van der Waals surface area (Å²) >= 11 is 0. The van der Waals surface area contributed by atoms with Gasteiger partial charge in [0.05, 0.1) is 23.7 Å². The largest absolute Gasteiger partial charge is 0.373 e. The summed E-state index contributed by atoms with van der Waals surface area (Å²) in [4.78, 5) is 22.5. The second kappa shape index (κ2) is 8.34. The molecule has 4 heterocycles. The van der Waals surface area contributed by atoms with E-state index in [-0.39, 0.29) is 34.2 Å². The molecule has 2 aliphatic rings. The zero-order chi connectivity index (χ0) is 24.3. The van der Waals surface area contributed by atoms with Crippen LogP contribution in [0.3, 0.4) is 0 Å². The lowest BCUT2D eigenvalue weighted by molar-refractivity contribution is 0.00463. The molecular formula is C26H25F2N5O2. The first kappa shape index (κ1) is 22.0. The van der Waals surface area contributed by atoms with Crippen LogP contribution in [0.4, 0.5) is 8.78 Å². The van der Waals surface area contributed by atoms with E-state index in [9.17, 15) is 13.6 Å². The predicted octanol–water partition coefficient (Wildman–Crippen LogP) is 4.75. The molecule has 0 spiro atoms. The quantitative estimate of drug-likeness (QED) is 0.424. The number of nitrogens with zero attached hydrogens (tertiary/aromatic N) is 5. The second-order valence-electron chi connectivity index (χ2n) is 9.51. The summed E-state index contributed by atoms with van der Waals surface area (Å²) in [5, 5.41) is 4.72. The molecule has 35 heavy (non-hydrogen) atoms. The fourth-order valence-corrected chi connectivity index (χ4v) is 4.87. The number of aromatic nitrogens is 5. The number of pyridine rings is 1. The number of halogens is 2. The Kier molecular flexibility index (Phi) is 5.25. The fourth-order valence-electron chi connectivity index (χ4n) is 4.87. The van der Waals surface area contributed by atoms with Gasteiger partial charge in [0.15, 0.2) is 5.65 Å². The lowest BCUT2D eigenvalue weighted by Crippen LogP contribution is -2.23. The highest BCUT2D eigenvalue weighted by Crippen LogP contribution is 2.40. The molecule has 1 saturated heterocycles. The molecule has 180 valence electrons. The van der Waals surface area contributed by atoms with Gasteiger partial charge in [-0.25, -0.2) is 18.7 Å². The molecule has 7 nitrogen and oxygen atoms in total. The van der Waals surface area contributed by atoms with Crippen LogP contribution in [0.15, 0.2) is 41.5 Å². The molecule has 0 bridgehead atoms. The van der Waals surface area contributed by atoms with Crippen molar-refractivity contribution >= 4 is 11.0 Å². The van der Waals surface area contributed by atoms with Crippen molar-refractivity contribution in [1.82, 2.24) is 24.3 Å². The van der Waals surface area contributed by atoms with Crippen LogP contribution in [0.25, 0.3) is 22.2 Å². The molecule has 0 radical (unpaired) electrons. The van der Waals surface area contributed by atoms with Crippen molar-refractivity contribution in [3.8, 4) is 11.1 Å². The molecule has 2 atom stereocenters. The predicted molar refractivity (Wildman–Crippen MR) is 126 cm³/mol. The maximum Gasteiger partial charge on any atom is 0.263 e. The molecule has 1 aromatic carbocycles. The van der Waals surface area contributed by atoms with E-state index in [1.165, 1.54) is 16.7 Å². The van der Waals surface area contributed by atoms with Crippen LogP contribution in [-0.2, 0) is 11.8 Å². The van der Waals surface area contributed by atoms with Gasteiger partial charge in [0.1, 0.15) is 17.5 Å².